The van der Waals surface area contributed by atoms with Crippen molar-refractivity contribution in [3.8, 4) is 11.5 Å². The summed E-state index contributed by atoms with van der Waals surface area (Å²) in [6.07, 6.45) is 0.553. The number of carbonyl (C=O) groups is 1. The van der Waals surface area contributed by atoms with Crippen molar-refractivity contribution in [2.75, 3.05) is 32.9 Å². The van der Waals surface area contributed by atoms with E-state index in [1.165, 1.54) is 0 Å². The number of benzene rings is 1. The lowest BCUT2D eigenvalue weighted by atomic mass is 10.1. The van der Waals surface area contributed by atoms with Crippen LogP contribution in [0.5, 0.6) is 11.5 Å². The number of morpholine rings is 1. The fourth-order valence-corrected chi connectivity index (χ4v) is 3.06. The van der Waals surface area contributed by atoms with Crippen molar-refractivity contribution in [2.45, 2.75) is 25.5 Å². The number of nitrogens with one attached hydrogen (secondary N) is 2. The van der Waals surface area contributed by atoms with Gasteiger partial charge in [-0.05, 0) is 31.0 Å². The Morgan fingerprint density at radius 1 is 1.33 bits per heavy atom. The summed E-state index contributed by atoms with van der Waals surface area (Å²) < 4.78 is 16.5. The molecule has 2 aliphatic rings. The maximum Gasteiger partial charge on any atom is 0.239 e. The molecular formula is C16H22Cl2N2O4. The Labute approximate surface area is 152 Å². The monoisotopic (exact) mass is 376 g/mol. The molecule has 1 amide bonds. The summed E-state index contributed by atoms with van der Waals surface area (Å²) in [5, 5.41) is 6.65. The van der Waals surface area contributed by atoms with Crippen molar-refractivity contribution >= 4 is 29.9 Å². The van der Waals surface area contributed by atoms with Gasteiger partial charge in [-0.25, -0.2) is 0 Å². The van der Waals surface area contributed by atoms with Crippen LogP contribution in [0.25, 0.3) is 0 Å². The summed E-state index contributed by atoms with van der Waals surface area (Å²) in [5.74, 6) is 1.23. The second-order valence-corrected chi connectivity index (χ2v) is 6.06. The SMILES string of the molecule is C[C@H]1OCCN[C@@H]1C(=O)NCCc1cc(Cl)c2c(c1)OCCO2.Cl. The number of hydrogen-bond acceptors (Lipinski definition) is 5. The first kappa shape index (κ1) is 19.1. The molecular weight excluding hydrogens is 355 g/mol. The van der Waals surface area contributed by atoms with E-state index in [-0.39, 0.29) is 30.5 Å². The first-order chi connectivity index (χ1) is 11.1. The minimum atomic E-state index is -0.299. The van der Waals surface area contributed by atoms with E-state index >= 15 is 0 Å². The van der Waals surface area contributed by atoms with Gasteiger partial charge in [0, 0.05) is 13.1 Å². The van der Waals surface area contributed by atoms with E-state index in [1.54, 1.807) is 0 Å². The van der Waals surface area contributed by atoms with E-state index in [0.29, 0.717) is 55.9 Å². The van der Waals surface area contributed by atoms with Crippen molar-refractivity contribution in [1.29, 1.82) is 0 Å². The summed E-state index contributed by atoms with van der Waals surface area (Å²) in [6, 6.07) is 3.47. The zero-order chi connectivity index (χ0) is 16.2. The topological polar surface area (TPSA) is 68.8 Å². The number of halogens is 2. The standard InChI is InChI=1S/C16H21ClN2O4.ClH/c1-10-14(18-4-5-21-10)16(20)19-3-2-11-8-12(17)15-13(9-11)22-6-7-23-15;/h8-10,14,18H,2-7H2,1H3,(H,19,20);1H/t10-,14+;/m1./s1. The van der Waals surface area contributed by atoms with Crippen LogP contribution in [-0.4, -0.2) is 51.0 Å². The summed E-state index contributed by atoms with van der Waals surface area (Å²) in [6.45, 7) is 4.79. The lowest BCUT2D eigenvalue weighted by Crippen LogP contribution is -2.55. The minimum Gasteiger partial charge on any atom is -0.486 e. The quantitative estimate of drug-likeness (QED) is 0.834. The van der Waals surface area contributed by atoms with Gasteiger partial charge in [-0.2, -0.15) is 0 Å². The van der Waals surface area contributed by atoms with Crippen LogP contribution < -0.4 is 20.1 Å². The summed E-state index contributed by atoms with van der Waals surface area (Å²) in [5.41, 5.74) is 1.00. The molecule has 2 heterocycles. The minimum absolute atomic E-state index is 0. The van der Waals surface area contributed by atoms with Gasteiger partial charge in [-0.3, -0.25) is 4.79 Å². The maximum absolute atomic E-state index is 12.2. The third-order valence-corrected chi connectivity index (χ3v) is 4.25. The van der Waals surface area contributed by atoms with Crippen LogP contribution >= 0.6 is 24.0 Å². The van der Waals surface area contributed by atoms with E-state index in [0.717, 1.165) is 5.56 Å². The Morgan fingerprint density at radius 2 is 2.12 bits per heavy atom. The van der Waals surface area contributed by atoms with Gasteiger partial charge >= 0.3 is 0 Å². The third kappa shape index (κ3) is 4.45. The lowest BCUT2D eigenvalue weighted by Gasteiger charge is -2.29. The number of hydrogen-bond donors (Lipinski definition) is 2. The number of ether oxygens (including phenoxy) is 3. The molecule has 1 aromatic carbocycles. The average Bonchev–Trinajstić information content (AvgIpc) is 2.55. The van der Waals surface area contributed by atoms with Crippen molar-refractivity contribution in [3.05, 3.63) is 22.7 Å². The highest BCUT2D eigenvalue weighted by Gasteiger charge is 2.27. The largest absolute Gasteiger partial charge is 0.486 e. The molecule has 1 fully saturated rings. The van der Waals surface area contributed by atoms with Gasteiger partial charge < -0.3 is 24.8 Å². The Kier molecular flexibility index (Phi) is 6.98. The van der Waals surface area contributed by atoms with Gasteiger partial charge in [0.15, 0.2) is 11.5 Å². The lowest BCUT2D eigenvalue weighted by molar-refractivity contribution is -0.128. The number of fused-ring (bicyclic) bond motifs is 1. The van der Waals surface area contributed by atoms with Crippen LogP contribution in [0.3, 0.4) is 0 Å². The molecule has 0 aromatic heterocycles. The van der Waals surface area contributed by atoms with E-state index in [1.807, 2.05) is 19.1 Å². The van der Waals surface area contributed by atoms with Gasteiger partial charge in [0.2, 0.25) is 5.91 Å². The molecule has 0 radical (unpaired) electrons. The highest BCUT2D eigenvalue weighted by molar-refractivity contribution is 6.32. The molecule has 24 heavy (non-hydrogen) atoms. The zero-order valence-electron chi connectivity index (χ0n) is 13.5. The van der Waals surface area contributed by atoms with Gasteiger partial charge in [0.05, 0.1) is 17.7 Å². The molecule has 0 aliphatic carbocycles. The van der Waals surface area contributed by atoms with E-state index in [9.17, 15) is 4.79 Å². The van der Waals surface area contributed by atoms with Gasteiger partial charge in [0.1, 0.15) is 19.3 Å². The molecule has 3 rings (SSSR count). The van der Waals surface area contributed by atoms with Gasteiger partial charge in [-0.15, -0.1) is 12.4 Å². The second kappa shape index (κ2) is 8.76. The molecule has 0 saturated carbocycles. The normalized spacial score (nSPS) is 22.4. The number of amides is 1. The van der Waals surface area contributed by atoms with Crippen molar-refractivity contribution in [2.24, 2.45) is 0 Å². The smallest absolute Gasteiger partial charge is 0.239 e. The predicted octanol–water partition coefficient (Wildman–Crippen LogP) is 1.57. The molecule has 1 saturated heterocycles. The van der Waals surface area contributed by atoms with Crippen LogP contribution in [0.4, 0.5) is 0 Å². The molecule has 0 unspecified atom stereocenters. The molecule has 2 atom stereocenters. The molecule has 0 spiro atoms. The summed E-state index contributed by atoms with van der Waals surface area (Å²) >= 11 is 6.21. The number of rotatable bonds is 4. The fraction of sp³-hybridized carbons (Fsp3) is 0.562. The fourth-order valence-electron chi connectivity index (χ4n) is 2.78. The molecule has 1 aromatic rings. The zero-order valence-corrected chi connectivity index (χ0v) is 15.0. The summed E-state index contributed by atoms with van der Waals surface area (Å²) in [4.78, 5) is 12.2. The van der Waals surface area contributed by atoms with E-state index in [4.69, 9.17) is 25.8 Å². The first-order valence-corrected chi connectivity index (χ1v) is 8.23. The maximum atomic E-state index is 12.2. The van der Waals surface area contributed by atoms with Crippen LogP contribution in [0.15, 0.2) is 12.1 Å². The summed E-state index contributed by atoms with van der Waals surface area (Å²) in [7, 11) is 0. The Morgan fingerprint density at radius 3 is 2.92 bits per heavy atom. The van der Waals surface area contributed by atoms with Crippen molar-refractivity contribution in [3.63, 3.8) is 0 Å². The van der Waals surface area contributed by atoms with Crippen molar-refractivity contribution < 1.29 is 19.0 Å². The highest BCUT2D eigenvalue weighted by atomic mass is 35.5. The van der Waals surface area contributed by atoms with E-state index < -0.39 is 0 Å². The Hall–Kier alpha value is -1.21. The molecule has 2 N–H and O–H groups in total. The van der Waals surface area contributed by atoms with Crippen molar-refractivity contribution in [1.82, 2.24) is 10.6 Å². The van der Waals surface area contributed by atoms with E-state index in [2.05, 4.69) is 10.6 Å². The molecule has 6 nitrogen and oxygen atoms in total. The first-order valence-electron chi connectivity index (χ1n) is 7.86. The van der Waals surface area contributed by atoms with Crippen LogP contribution in [-0.2, 0) is 16.0 Å². The van der Waals surface area contributed by atoms with Gasteiger partial charge in [-0.1, -0.05) is 11.6 Å². The van der Waals surface area contributed by atoms with Crippen LogP contribution in [0.2, 0.25) is 5.02 Å². The predicted molar refractivity (Wildman–Crippen MR) is 93.6 cm³/mol. The molecule has 2 aliphatic heterocycles. The molecule has 8 heteroatoms. The second-order valence-electron chi connectivity index (χ2n) is 5.65. The number of carbonyl (C=O) groups excluding carboxylic acids is 1. The Balaban J connectivity index is 0.00000208. The Bertz CT molecular complexity index is 585. The van der Waals surface area contributed by atoms with Crippen LogP contribution in [0, 0.1) is 0 Å². The molecule has 0 bridgehead atoms. The van der Waals surface area contributed by atoms with Crippen LogP contribution in [0.1, 0.15) is 12.5 Å². The van der Waals surface area contributed by atoms with Gasteiger partial charge in [0.25, 0.3) is 0 Å². The average molecular weight is 377 g/mol. The molecule has 134 valence electrons. The highest BCUT2D eigenvalue weighted by Crippen LogP contribution is 2.38. The third-order valence-electron chi connectivity index (χ3n) is 3.97.